The molecular weight excluding hydrogens is 230 g/mol. The van der Waals surface area contributed by atoms with Gasteiger partial charge in [0.05, 0.1) is 13.7 Å². The fourth-order valence-electron chi connectivity index (χ4n) is 0.906. The molecule has 6 N–H and O–H groups in total. The Balaban J connectivity index is 2.54. The van der Waals surface area contributed by atoms with Crippen molar-refractivity contribution in [3.05, 3.63) is 0 Å². The SMILES string of the molecule is COc1nc(NN)nc(NCCOC(N)=O)n1. The molecule has 10 heteroatoms. The average molecular weight is 243 g/mol. The molecule has 94 valence electrons. The molecule has 0 aliphatic carbocycles. The molecule has 0 saturated carbocycles. The highest BCUT2D eigenvalue weighted by atomic mass is 16.5. The van der Waals surface area contributed by atoms with E-state index < -0.39 is 6.09 Å². The number of primary amides is 1. The summed E-state index contributed by atoms with van der Waals surface area (Å²) in [6, 6.07) is 0.103. The van der Waals surface area contributed by atoms with Gasteiger partial charge in [-0.05, 0) is 0 Å². The molecule has 1 aromatic rings. The molecule has 0 radical (unpaired) electrons. The molecule has 0 atom stereocenters. The Morgan fingerprint density at radius 3 is 2.65 bits per heavy atom. The van der Waals surface area contributed by atoms with E-state index in [1.54, 1.807) is 0 Å². The van der Waals surface area contributed by atoms with Crippen LogP contribution in [0.5, 0.6) is 6.01 Å². The molecule has 0 fully saturated rings. The van der Waals surface area contributed by atoms with E-state index in [4.69, 9.17) is 16.3 Å². The number of hydrazine groups is 1. The van der Waals surface area contributed by atoms with Gasteiger partial charge in [0.15, 0.2) is 0 Å². The summed E-state index contributed by atoms with van der Waals surface area (Å²) < 4.78 is 9.35. The topological polar surface area (TPSA) is 150 Å². The zero-order chi connectivity index (χ0) is 12.7. The minimum Gasteiger partial charge on any atom is -0.467 e. The molecule has 0 aliphatic heterocycles. The lowest BCUT2D eigenvalue weighted by atomic mass is 10.7. The van der Waals surface area contributed by atoms with Gasteiger partial charge in [-0.1, -0.05) is 0 Å². The zero-order valence-corrected chi connectivity index (χ0v) is 9.14. The summed E-state index contributed by atoms with van der Waals surface area (Å²) in [5.74, 6) is 5.55. The predicted octanol–water partition coefficient (Wildman–Crippen LogP) is -1.33. The summed E-state index contributed by atoms with van der Waals surface area (Å²) in [6.45, 7) is 0.384. The van der Waals surface area contributed by atoms with Gasteiger partial charge in [-0.15, -0.1) is 0 Å². The van der Waals surface area contributed by atoms with E-state index in [0.717, 1.165) is 0 Å². The Morgan fingerprint density at radius 2 is 2.06 bits per heavy atom. The number of hydrogen-bond acceptors (Lipinski definition) is 9. The molecule has 0 saturated heterocycles. The lowest BCUT2D eigenvalue weighted by Crippen LogP contribution is -2.20. The molecule has 0 unspecified atom stereocenters. The summed E-state index contributed by atoms with van der Waals surface area (Å²) in [5, 5.41) is 2.78. The van der Waals surface area contributed by atoms with Crippen molar-refractivity contribution < 1.29 is 14.3 Å². The minimum absolute atomic E-state index is 0.0920. The summed E-state index contributed by atoms with van der Waals surface area (Å²) >= 11 is 0. The number of ether oxygens (including phenoxy) is 2. The maximum Gasteiger partial charge on any atom is 0.404 e. The molecule has 0 aliphatic rings. The van der Waals surface area contributed by atoms with Gasteiger partial charge in [-0.2, -0.15) is 15.0 Å². The van der Waals surface area contributed by atoms with E-state index in [1.807, 2.05) is 0 Å². The summed E-state index contributed by atoms with van der Waals surface area (Å²) in [4.78, 5) is 21.9. The Hall–Kier alpha value is -2.36. The first-order chi connectivity index (χ1) is 8.15. The van der Waals surface area contributed by atoms with E-state index >= 15 is 0 Å². The molecule has 1 heterocycles. The molecule has 10 nitrogen and oxygen atoms in total. The third-order valence-electron chi connectivity index (χ3n) is 1.56. The standard InChI is InChI=1S/C7H13N7O3/c1-16-7-12-5(11-6(13-7)14-9)10-2-3-17-4(8)15/h2-3,9H2,1H3,(H2,8,15)(H2,10,11,12,13,14). The number of nitrogen functional groups attached to an aromatic ring is 1. The number of carbonyl (C=O) groups excluding carboxylic acids is 1. The van der Waals surface area contributed by atoms with Crippen LogP contribution in [0.15, 0.2) is 0 Å². The average Bonchev–Trinajstić information content (AvgIpc) is 2.34. The van der Waals surface area contributed by atoms with Gasteiger partial charge < -0.3 is 20.5 Å². The van der Waals surface area contributed by atoms with Crippen molar-refractivity contribution in [3.8, 4) is 6.01 Å². The number of amides is 1. The molecule has 1 aromatic heterocycles. The van der Waals surface area contributed by atoms with Crippen LogP contribution in [-0.2, 0) is 4.74 Å². The van der Waals surface area contributed by atoms with Crippen molar-refractivity contribution in [2.24, 2.45) is 11.6 Å². The Bertz CT molecular complexity index is 363. The summed E-state index contributed by atoms with van der Waals surface area (Å²) in [5.41, 5.74) is 7.05. The highest BCUT2D eigenvalue weighted by Crippen LogP contribution is 2.09. The molecular formula is C7H13N7O3. The number of anilines is 2. The van der Waals surface area contributed by atoms with Gasteiger partial charge >= 0.3 is 12.1 Å². The molecule has 17 heavy (non-hydrogen) atoms. The Kier molecular flexibility index (Phi) is 4.69. The minimum atomic E-state index is -0.843. The number of aromatic nitrogens is 3. The number of rotatable bonds is 6. The fourth-order valence-corrected chi connectivity index (χ4v) is 0.906. The van der Waals surface area contributed by atoms with Crippen LogP contribution in [-0.4, -0.2) is 41.3 Å². The van der Waals surface area contributed by atoms with Crippen molar-refractivity contribution in [3.63, 3.8) is 0 Å². The third-order valence-corrected chi connectivity index (χ3v) is 1.56. The number of carbonyl (C=O) groups is 1. The Labute approximate surface area is 96.7 Å². The number of hydrogen-bond donors (Lipinski definition) is 4. The number of methoxy groups -OCH3 is 1. The zero-order valence-electron chi connectivity index (χ0n) is 9.14. The lowest BCUT2D eigenvalue weighted by molar-refractivity contribution is 0.161. The number of nitrogens with two attached hydrogens (primary N) is 2. The molecule has 0 aromatic carbocycles. The van der Waals surface area contributed by atoms with Crippen LogP contribution in [0.25, 0.3) is 0 Å². The first kappa shape index (κ1) is 12.7. The first-order valence-electron chi connectivity index (χ1n) is 4.58. The largest absolute Gasteiger partial charge is 0.467 e. The predicted molar refractivity (Wildman–Crippen MR) is 58.2 cm³/mol. The van der Waals surface area contributed by atoms with Crippen LogP contribution < -0.4 is 27.1 Å². The van der Waals surface area contributed by atoms with Crippen molar-refractivity contribution in [2.45, 2.75) is 0 Å². The van der Waals surface area contributed by atoms with Crippen molar-refractivity contribution in [1.29, 1.82) is 0 Å². The quantitative estimate of drug-likeness (QED) is 0.270. The van der Waals surface area contributed by atoms with E-state index in [-0.39, 0.29) is 24.5 Å². The van der Waals surface area contributed by atoms with E-state index in [0.29, 0.717) is 6.54 Å². The highest BCUT2D eigenvalue weighted by Gasteiger charge is 2.05. The van der Waals surface area contributed by atoms with Crippen LogP contribution in [0.1, 0.15) is 0 Å². The summed E-state index contributed by atoms with van der Waals surface area (Å²) in [6.07, 6.45) is -0.843. The van der Waals surface area contributed by atoms with Gasteiger partial charge in [-0.3, -0.25) is 5.43 Å². The number of nitrogens with one attached hydrogen (secondary N) is 2. The van der Waals surface area contributed by atoms with Crippen molar-refractivity contribution in [1.82, 2.24) is 15.0 Å². The molecule has 0 spiro atoms. The van der Waals surface area contributed by atoms with Gasteiger partial charge in [0.25, 0.3) is 0 Å². The van der Waals surface area contributed by atoms with E-state index in [2.05, 4.69) is 30.4 Å². The monoisotopic (exact) mass is 243 g/mol. The highest BCUT2D eigenvalue weighted by molar-refractivity contribution is 5.64. The Morgan fingerprint density at radius 1 is 1.35 bits per heavy atom. The lowest BCUT2D eigenvalue weighted by Gasteiger charge is -2.07. The maximum atomic E-state index is 10.3. The van der Waals surface area contributed by atoms with Crippen LogP contribution in [0.3, 0.4) is 0 Å². The second-order valence-electron chi connectivity index (χ2n) is 2.71. The smallest absolute Gasteiger partial charge is 0.404 e. The van der Waals surface area contributed by atoms with E-state index in [9.17, 15) is 4.79 Å². The van der Waals surface area contributed by atoms with Crippen LogP contribution in [0.4, 0.5) is 16.7 Å². The molecule has 1 rings (SSSR count). The van der Waals surface area contributed by atoms with Crippen molar-refractivity contribution in [2.75, 3.05) is 31.0 Å². The first-order valence-corrected chi connectivity index (χ1v) is 4.58. The fraction of sp³-hybridized carbons (Fsp3) is 0.429. The second-order valence-corrected chi connectivity index (χ2v) is 2.71. The third kappa shape index (κ3) is 4.34. The maximum absolute atomic E-state index is 10.3. The number of nitrogens with zero attached hydrogens (tertiary/aromatic N) is 3. The molecule has 1 amide bonds. The normalized spacial score (nSPS) is 9.53. The van der Waals surface area contributed by atoms with Crippen LogP contribution in [0, 0.1) is 0 Å². The summed E-state index contributed by atoms with van der Waals surface area (Å²) in [7, 11) is 1.41. The van der Waals surface area contributed by atoms with Gasteiger partial charge in [0, 0.05) is 0 Å². The van der Waals surface area contributed by atoms with Gasteiger partial charge in [-0.25, -0.2) is 10.6 Å². The van der Waals surface area contributed by atoms with Gasteiger partial charge in [0.1, 0.15) is 6.61 Å². The van der Waals surface area contributed by atoms with E-state index in [1.165, 1.54) is 7.11 Å². The van der Waals surface area contributed by atoms with Crippen molar-refractivity contribution >= 4 is 18.0 Å². The van der Waals surface area contributed by atoms with Crippen LogP contribution in [0.2, 0.25) is 0 Å². The van der Waals surface area contributed by atoms with Gasteiger partial charge in [0.2, 0.25) is 11.9 Å². The van der Waals surface area contributed by atoms with Crippen LogP contribution >= 0.6 is 0 Å². The molecule has 0 bridgehead atoms. The second kappa shape index (κ2) is 6.27.